The van der Waals surface area contributed by atoms with Gasteiger partial charge in [-0.15, -0.1) is 0 Å². The van der Waals surface area contributed by atoms with Crippen LogP contribution in [0.5, 0.6) is 0 Å². The summed E-state index contributed by atoms with van der Waals surface area (Å²) in [5, 5.41) is 2.64. The van der Waals surface area contributed by atoms with E-state index in [1.165, 1.54) is 6.07 Å². The fourth-order valence-corrected chi connectivity index (χ4v) is 4.44. The van der Waals surface area contributed by atoms with Crippen molar-refractivity contribution in [1.82, 2.24) is 4.90 Å². The molecule has 2 aromatic carbocycles. The second-order valence-electron chi connectivity index (χ2n) is 8.73. The number of benzene rings is 2. The molecular formula is C27H28ClN3O5. The maximum atomic E-state index is 13.2. The van der Waals surface area contributed by atoms with Crippen molar-refractivity contribution in [3.8, 4) is 0 Å². The van der Waals surface area contributed by atoms with Crippen molar-refractivity contribution in [3.05, 3.63) is 70.4 Å². The summed E-state index contributed by atoms with van der Waals surface area (Å²) < 4.78 is 5.14. The van der Waals surface area contributed by atoms with E-state index in [0.717, 1.165) is 43.7 Å². The van der Waals surface area contributed by atoms with Crippen LogP contribution >= 0.6 is 11.6 Å². The van der Waals surface area contributed by atoms with Gasteiger partial charge in [-0.05, 0) is 55.7 Å². The predicted octanol–water partition coefficient (Wildman–Crippen LogP) is 4.71. The maximum Gasteiger partial charge on any atom is 0.338 e. The highest BCUT2D eigenvalue weighted by molar-refractivity contribution is 6.53. The minimum Gasteiger partial charge on any atom is -0.462 e. The Hall–Kier alpha value is -3.65. The minimum absolute atomic E-state index is 0.0668. The van der Waals surface area contributed by atoms with Crippen LogP contribution in [0.15, 0.2) is 59.3 Å². The number of likely N-dealkylation sites (tertiary alicyclic amines) is 1. The van der Waals surface area contributed by atoms with Crippen LogP contribution < -0.4 is 10.2 Å². The zero-order valence-electron chi connectivity index (χ0n) is 20.1. The largest absolute Gasteiger partial charge is 0.462 e. The molecule has 4 rings (SSSR count). The van der Waals surface area contributed by atoms with E-state index >= 15 is 0 Å². The summed E-state index contributed by atoms with van der Waals surface area (Å²) in [5.74, 6) is -1.97. The van der Waals surface area contributed by atoms with Crippen LogP contribution in [0.1, 0.15) is 59.7 Å². The van der Waals surface area contributed by atoms with Crippen molar-refractivity contribution in [2.75, 3.05) is 29.9 Å². The van der Waals surface area contributed by atoms with Gasteiger partial charge in [0.05, 0.1) is 17.9 Å². The number of anilines is 2. The van der Waals surface area contributed by atoms with Crippen LogP contribution in [0.4, 0.5) is 11.4 Å². The monoisotopic (exact) mass is 509 g/mol. The van der Waals surface area contributed by atoms with E-state index in [0.29, 0.717) is 17.7 Å². The quantitative estimate of drug-likeness (QED) is 0.429. The molecule has 9 heteroatoms. The molecule has 2 aromatic rings. The van der Waals surface area contributed by atoms with Gasteiger partial charge < -0.3 is 15.0 Å². The highest BCUT2D eigenvalue weighted by Gasteiger charge is 2.39. The summed E-state index contributed by atoms with van der Waals surface area (Å²) in [5.41, 5.74) is 1.28. The molecule has 3 amide bonds. The Morgan fingerprint density at radius 3 is 2.36 bits per heavy atom. The lowest BCUT2D eigenvalue weighted by Gasteiger charge is -2.20. The van der Waals surface area contributed by atoms with Crippen molar-refractivity contribution < 1.29 is 23.9 Å². The molecular weight excluding hydrogens is 482 g/mol. The number of hydrogen-bond acceptors (Lipinski definition) is 6. The molecule has 1 fully saturated rings. The molecule has 0 aliphatic carbocycles. The number of ether oxygens (including phenoxy) is 1. The Labute approximate surface area is 214 Å². The van der Waals surface area contributed by atoms with E-state index < -0.39 is 17.8 Å². The average Bonchev–Trinajstić information content (AvgIpc) is 3.09. The standard InChI is InChI=1S/C27H28ClN3O5/c1-2-15-36-27(35)19-10-8-12-21(17-19)31-25(33)22(28)23(26(31)34)29-20-11-7-9-18(16-20)24(32)30-13-5-3-4-6-14-30/h7-12,16-17,29H,2-6,13-15H2,1H3. The Balaban J connectivity index is 1.52. The van der Waals surface area contributed by atoms with Crippen LogP contribution in [-0.4, -0.2) is 48.3 Å². The summed E-state index contributed by atoms with van der Waals surface area (Å²) in [6, 6.07) is 12.9. The Morgan fingerprint density at radius 2 is 1.64 bits per heavy atom. The average molecular weight is 510 g/mol. The maximum absolute atomic E-state index is 13.2. The number of imide groups is 1. The van der Waals surface area contributed by atoms with Crippen LogP contribution in [-0.2, 0) is 14.3 Å². The lowest BCUT2D eigenvalue weighted by atomic mass is 10.1. The second-order valence-corrected chi connectivity index (χ2v) is 9.11. The van der Waals surface area contributed by atoms with Gasteiger partial charge in [-0.3, -0.25) is 14.4 Å². The third-order valence-electron chi connectivity index (χ3n) is 6.08. The Morgan fingerprint density at radius 1 is 0.944 bits per heavy atom. The molecule has 0 radical (unpaired) electrons. The van der Waals surface area contributed by atoms with E-state index in [1.807, 2.05) is 11.8 Å². The fourth-order valence-electron chi connectivity index (χ4n) is 4.23. The smallest absolute Gasteiger partial charge is 0.338 e. The number of nitrogens with zero attached hydrogens (tertiary/aromatic N) is 2. The number of amides is 3. The van der Waals surface area contributed by atoms with Gasteiger partial charge in [0, 0.05) is 24.3 Å². The molecule has 8 nitrogen and oxygen atoms in total. The van der Waals surface area contributed by atoms with Gasteiger partial charge in [-0.1, -0.05) is 43.5 Å². The first-order chi connectivity index (χ1) is 17.4. The molecule has 2 aliphatic rings. The van der Waals surface area contributed by atoms with E-state index in [1.54, 1.807) is 42.5 Å². The molecule has 1 N–H and O–H groups in total. The topological polar surface area (TPSA) is 96.0 Å². The summed E-state index contributed by atoms with van der Waals surface area (Å²) in [4.78, 5) is 54.1. The summed E-state index contributed by atoms with van der Waals surface area (Å²) >= 11 is 6.27. The molecule has 2 aliphatic heterocycles. The summed E-state index contributed by atoms with van der Waals surface area (Å²) in [6.07, 6.45) is 4.88. The Kier molecular flexibility index (Phi) is 8.05. The normalized spacial score (nSPS) is 16.3. The number of carbonyl (C=O) groups is 4. The zero-order valence-corrected chi connectivity index (χ0v) is 20.8. The van der Waals surface area contributed by atoms with Gasteiger partial charge in [0.15, 0.2) is 0 Å². The molecule has 0 unspecified atom stereocenters. The number of esters is 1. The summed E-state index contributed by atoms with van der Waals surface area (Å²) in [7, 11) is 0. The van der Waals surface area contributed by atoms with Crippen LogP contribution in [0.3, 0.4) is 0 Å². The highest BCUT2D eigenvalue weighted by Crippen LogP contribution is 2.31. The third-order valence-corrected chi connectivity index (χ3v) is 6.43. The first kappa shape index (κ1) is 25.4. The van der Waals surface area contributed by atoms with E-state index in [2.05, 4.69) is 5.32 Å². The predicted molar refractivity (Wildman–Crippen MR) is 137 cm³/mol. The number of carbonyl (C=O) groups excluding carboxylic acids is 4. The lowest BCUT2D eigenvalue weighted by Crippen LogP contribution is -2.32. The molecule has 1 saturated heterocycles. The van der Waals surface area contributed by atoms with Crippen LogP contribution in [0, 0.1) is 0 Å². The van der Waals surface area contributed by atoms with E-state index in [-0.39, 0.29) is 34.5 Å². The van der Waals surface area contributed by atoms with Crippen LogP contribution in [0.25, 0.3) is 0 Å². The molecule has 0 bridgehead atoms. The number of rotatable bonds is 7. The second kappa shape index (κ2) is 11.4. The molecule has 36 heavy (non-hydrogen) atoms. The fraction of sp³-hybridized carbons (Fsp3) is 0.333. The van der Waals surface area contributed by atoms with Gasteiger partial charge in [0.2, 0.25) is 0 Å². The first-order valence-corrected chi connectivity index (χ1v) is 12.5. The summed E-state index contributed by atoms with van der Waals surface area (Å²) in [6.45, 7) is 3.60. The van der Waals surface area contributed by atoms with Crippen LogP contribution in [0.2, 0.25) is 0 Å². The number of halogens is 1. The van der Waals surface area contributed by atoms with E-state index in [4.69, 9.17) is 16.3 Å². The van der Waals surface area contributed by atoms with Crippen molar-refractivity contribution in [1.29, 1.82) is 0 Å². The highest BCUT2D eigenvalue weighted by atomic mass is 35.5. The van der Waals surface area contributed by atoms with Gasteiger partial charge in [-0.25, -0.2) is 9.69 Å². The van der Waals surface area contributed by atoms with Crippen molar-refractivity contribution in [2.45, 2.75) is 39.0 Å². The molecule has 0 saturated carbocycles. The molecule has 188 valence electrons. The van der Waals surface area contributed by atoms with E-state index in [9.17, 15) is 19.2 Å². The molecule has 0 aromatic heterocycles. The van der Waals surface area contributed by atoms with Gasteiger partial charge in [-0.2, -0.15) is 0 Å². The van der Waals surface area contributed by atoms with Gasteiger partial charge >= 0.3 is 5.97 Å². The van der Waals surface area contributed by atoms with Gasteiger partial charge in [0.25, 0.3) is 17.7 Å². The van der Waals surface area contributed by atoms with Crippen molar-refractivity contribution in [3.63, 3.8) is 0 Å². The van der Waals surface area contributed by atoms with Gasteiger partial charge in [0.1, 0.15) is 10.7 Å². The Bertz CT molecular complexity index is 1220. The number of hydrogen-bond donors (Lipinski definition) is 1. The molecule has 0 atom stereocenters. The molecule has 2 heterocycles. The molecule has 0 spiro atoms. The zero-order chi connectivity index (χ0) is 25.7. The number of nitrogens with one attached hydrogen (secondary N) is 1. The minimum atomic E-state index is -0.708. The van der Waals surface area contributed by atoms with Crippen molar-refractivity contribution >= 4 is 46.7 Å². The van der Waals surface area contributed by atoms with Crippen molar-refractivity contribution in [2.24, 2.45) is 0 Å². The lowest BCUT2D eigenvalue weighted by molar-refractivity contribution is -0.120. The third kappa shape index (κ3) is 5.44. The first-order valence-electron chi connectivity index (χ1n) is 12.1. The SMILES string of the molecule is CCCOC(=O)c1cccc(N2C(=O)C(Cl)=C(Nc3cccc(C(=O)N4CCCCCC4)c3)C2=O)c1.